The van der Waals surface area contributed by atoms with Gasteiger partial charge in [0.05, 0.1) is 0 Å². The third-order valence-electron chi connectivity index (χ3n) is 2.71. The Labute approximate surface area is 81.7 Å². The van der Waals surface area contributed by atoms with E-state index < -0.39 is 0 Å². The standard InChI is InChI=1S/C10H23N3/c1-2-12-6-3-7-13-8-4-10(11)5-9-13/h10,12H,2-9,11H2,1H3. The second kappa shape index (κ2) is 6.35. The molecule has 1 fully saturated rings. The Balaban J connectivity index is 1.96. The SMILES string of the molecule is CCNCCCN1CCC(N)CC1. The van der Waals surface area contributed by atoms with E-state index >= 15 is 0 Å². The second-order valence-corrected chi connectivity index (χ2v) is 3.89. The molecule has 0 unspecified atom stereocenters. The first-order chi connectivity index (χ1) is 6.33. The molecule has 1 heterocycles. The van der Waals surface area contributed by atoms with Gasteiger partial charge in [0, 0.05) is 6.04 Å². The minimum absolute atomic E-state index is 0.463. The molecule has 0 spiro atoms. The van der Waals surface area contributed by atoms with Gasteiger partial charge in [-0.3, -0.25) is 0 Å². The Morgan fingerprint density at radius 3 is 2.69 bits per heavy atom. The zero-order valence-electron chi connectivity index (χ0n) is 8.76. The van der Waals surface area contributed by atoms with Gasteiger partial charge in [0.1, 0.15) is 0 Å². The van der Waals surface area contributed by atoms with Crippen LogP contribution < -0.4 is 11.1 Å². The first-order valence-electron chi connectivity index (χ1n) is 5.51. The van der Waals surface area contributed by atoms with Crippen molar-refractivity contribution in [1.29, 1.82) is 0 Å². The summed E-state index contributed by atoms with van der Waals surface area (Å²) in [4.78, 5) is 2.53. The van der Waals surface area contributed by atoms with Crippen LogP contribution in [0.15, 0.2) is 0 Å². The van der Waals surface area contributed by atoms with Gasteiger partial charge >= 0.3 is 0 Å². The fourth-order valence-electron chi connectivity index (χ4n) is 1.78. The van der Waals surface area contributed by atoms with Crippen LogP contribution >= 0.6 is 0 Å². The van der Waals surface area contributed by atoms with Crippen LogP contribution in [0.5, 0.6) is 0 Å². The monoisotopic (exact) mass is 185 g/mol. The molecule has 1 aliphatic heterocycles. The fourth-order valence-corrected chi connectivity index (χ4v) is 1.78. The third kappa shape index (κ3) is 4.60. The lowest BCUT2D eigenvalue weighted by atomic mass is 10.1. The molecule has 0 aromatic carbocycles. The average molecular weight is 185 g/mol. The Morgan fingerprint density at radius 1 is 1.38 bits per heavy atom. The van der Waals surface area contributed by atoms with E-state index in [2.05, 4.69) is 17.1 Å². The number of hydrogen-bond donors (Lipinski definition) is 2. The summed E-state index contributed by atoms with van der Waals surface area (Å²) in [5.41, 5.74) is 5.83. The van der Waals surface area contributed by atoms with Crippen LogP contribution in [0.1, 0.15) is 26.2 Å². The molecule has 0 aromatic heterocycles. The summed E-state index contributed by atoms with van der Waals surface area (Å²) in [7, 11) is 0. The summed E-state index contributed by atoms with van der Waals surface area (Å²) in [6.07, 6.45) is 3.63. The summed E-state index contributed by atoms with van der Waals surface area (Å²) in [5, 5.41) is 3.35. The van der Waals surface area contributed by atoms with Gasteiger partial charge in [0.25, 0.3) is 0 Å². The van der Waals surface area contributed by atoms with E-state index in [4.69, 9.17) is 5.73 Å². The molecule has 13 heavy (non-hydrogen) atoms. The molecule has 0 saturated carbocycles. The molecule has 3 heteroatoms. The smallest absolute Gasteiger partial charge is 0.00631 e. The minimum atomic E-state index is 0.463. The Morgan fingerprint density at radius 2 is 2.08 bits per heavy atom. The molecule has 0 radical (unpaired) electrons. The van der Waals surface area contributed by atoms with Gasteiger partial charge in [-0.25, -0.2) is 0 Å². The van der Waals surface area contributed by atoms with Crippen molar-refractivity contribution >= 4 is 0 Å². The fraction of sp³-hybridized carbons (Fsp3) is 1.00. The number of hydrogen-bond acceptors (Lipinski definition) is 3. The van der Waals surface area contributed by atoms with E-state index in [0.29, 0.717) is 6.04 Å². The topological polar surface area (TPSA) is 41.3 Å². The molecule has 3 nitrogen and oxygen atoms in total. The molecule has 3 N–H and O–H groups in total. The highest BCUT2D eigenvalue weighted by molar-refractivity contribution is 4.73. The number of piperidine rings is 1. The average Bonchev–Trinajstić information content (AvgIpc) is 2.15. The molecule has 0 aliphatic carbocycles. The Bertz CT molecular complexity index is 119. The maximum absolute atomic E-state index is 5.83. The van der Waals surface area contributed by atoms with E-state index in [1.165, 1.54) is 38.9 Å². The van der Waals surface area contributed by atoms with Gasteiger partial charge in [-0.15, -0.1) is 0 Å². The van der Waals surface area contributed by atoms with Gasteiger partial charge in [-0.1, -0.05) is 6.92 Å². The zero-order chi connectivity index (χ0) is 9.52. The van der Waals surface area contributed by atoms with E-state index in [-0.39, 0.29) is 0 Å². The number of nitrogens with two attached hydrogens (primary N) is 1. The number of nitrogens with one attached hydrogen (secondary N) is 1. The Kier molecular flexibility index (Phi) is 5.35. The molecule has 78 valence electrons. The maximum Gasteiger partial charge on any atom is 0.00631 e. The van der Waals surface area contributed by atoms with Crippen molar-refractivity contribution in [3.63, 3.8) is 0 Å². The maximum atomic E-state index is 5.83. The van der Waals surface area contributed by atoms with Crippen LogP contribution in [0.25, 0.3) is 0 Å². The van der Waals surface area contributed by atoms with Gasteiger partial charge in [0.2, 0.25) is 0 Å². The molecule has 0 aromatic rings. The highest BCUT2D eigenvalue weighted by Crippen LogP contribution is 2.07. The van der Waals surface area contributed by atoms with Crippen LogP contribution in [0.3, 0.4) is 0 Å². The van der Waals surface area contributed by atoms with Gasteiger partial charge in [-0.2, -0.15) is 0 Å². The van der Waals surface area contributed by atoms with Crippen molar-refractivity contribution in [2.75, 3.05) is 32.7 Å². The lowest BCUT2D eigenvalue weighted by molar-refractivity contribution is 0.211. The van der Waals surface area contributed by atoms with Crippen LogP contribution in [0.2, 0.25) is 0 Å². The van der Waals surface area contributed by atoms with Crippen molar-refractivity contribution in [2.24, 2.45) is 5.73 Å². The van der Waals surface area contributed by atoms with Gasteiger partial charge < -0.3 is 16.0 Å². The predicted molar refractivity (Wildman–Crippen MR) is 56.8 cm³/mol. The molecule has 0 bridgehead atoms. The first kappa shape index (κ1) is 11.0. The summed E-state index contributed by atoms with van der Waals surface area (Å²) in [6.45, 7) is 8.03. The van der Waals surface area contributed by atoms with Crippen LogP contribution in [0.4, 0.5) is 0 Å². The van der Waals surface area contributed by atoms with Crippen LogP contribution in [-0.2, 0) is 0 Å². The summed E-state index contributed by atoms with van der Waals surface area (Å²) in [6, 6.07) is 0.463. The van der Waals surface area contributed by atoms with Crippen molar-refractivity contribution < 1.29 is 0 Å². The molecule has 1 rings (SSSR count). The number of nitrogens with zero attached hydrogens (tertiary/aromatic N) is 1. The lowest BCUT2D eigenvalue weighted by Crippen LogP contribution is -2.40. The molecule has 0 atom stereocenters. The largest absolute Gasteiger partial charge is 0.328 e. The van der Waals surface area contributed by atoms with E-state index in [1.54, 1.807) is 0 Å². The minimum Gasteiger partial charge on any atom is -0.328 e. The van der Waals surface area contributed by atoms with Crippen molar-refractivity contribution in [1.82, 2.24) is 10.2 Å². The molecule has 0 amide bonds. The summed E-state index contributed by atoms with van der Waals surface area (Å²) in [5.74, 6) is 0. The summed E-state index contributed by atoms with van der Waals surface area (Å²) >= 11 is 0. The first-order valence-corrected chi connectivity index (χ1v) is 5.51. The quantitative estimate of drug-likeness (QED) is 0.610. The lowest BCUT2D eigenvalue weighted by Gasteiger charge is -2.29. The second-order valence-electron chi connectivity index (χ2n) is 3.89. The van der Waals surface area contributed by atoms with Gasteiger partial charge in [0.15, 0.2) is 0 Å². The molecule has 1 aliphatic rings. The predicted octanol–water partition coefficient (Wildman–Crippen LogP) is 0.409. The summed E-state index contributed by atoms with van der Waals surface area (Å²) < 4.78 is 0. The highest BCUT2D eigenvalue weighted by atomic mass is 15.1. The third-order valence-corrected chi connectivity index (χ3v) is 2.71. The van der Waals surface area contributed by atoms with Crippen LogP contribution in [0, 0.1) is 0 Å². The van der Waals surface area contributed by atoms with E-state index in [1.807, 2.05) is 0 Å². The van der Waals surface area contributed by atoms with Crippen LogP contribution in [-0.4, -0.2) is 43.7 Å². The molecule has 1 saturated heterocycles. The molecular weight excluding hydrogens is 162 g/mol. The van der Waals surface area contributed by atoms with Crippen molar-refractivity contribution in [3.8, 4) is 0 Å². The number of likely N-dealkylation sites (tertiary alicyclic amines) is 1. The molecular formula is C10H23N3. The van der Waals surface area contributed by atoms with E-state index in [0.717, 1.165) is 13.1 Å². The normalized spacial score (nSPS) is 20.8. The van der Waals surface area contributed by atoms with E-state index in [9.17, 15) is 0 Å². The van der Waals surface area contributed by atoms with Crippen molar-refractivity contribution in [3.05, 3.63) is 0 Å². The van der Waals surface area contributed by atoms with Crippen molar-refractivity contribution in [2.45, 2.75) is 32.2 Å². The number of rotatable bonds is 5. The highest BCUT2D eigenvalue weighted by Gasteiger charge is 2.14. The Hall–Kier alpha value is -0.120. The zero-order valence-corrected chi connectivity index (χ0v) is 8.76. The van der Waals surface area contributed by atoms with Gasteiger partial charge in [-0.05, 0) is 52.0 Å².